The first kappa shape index (κ1) is 22.9. The van der Waals surface area contributed by atoms with Crippen LogP contribution in [0.1, 0.15) is 26.3 Å². The van der Waals surface area contributed by atoms with Gasteiger partial charge < -0.3 is 14.6 Å². The van der Waals surface area contributed by atoms with E-state index in [1.54, 1.807) is 7.11 Å². The first-order chi connectivity index (χ1) is 15.0. The molecule has 0 spiro atoms. The van der Waals surface area contributed by atoms with E-state index in [0.29, 0.717) is 12.5 Å². The van der Waals surface area contributed by atoms with Crippen molar-refractivity contribution in [1.29, 1.82) is 0 Å². The smallest absolute Gasteiger partial charge is 0.233 e. The minimum atomic E-state index is -0.262. The molecule has 0 bridgehead atoms. The summed E-state index contributed by atoms with van der Waals surface area (Å²) < 4.78 is 7.38. The molecule has 3 aromatic rings. The van der Waals surface area contributed by atoms with Crippen molar-refractivity contribution in [2.75, 3.05) is 13.7 Å². The Morgan fingerprint density at radius 1 is 1.06 bits per heavy atom. The second-order valence-corrected chi connectivity index (χ2v) is 9.13. The van der Waals surface area contributed by atoms with E-state index in [-0.39, 0.29) is 11.2 Å². The number of ether oxygens (including phenoxy) is 1. The number of thioether (sulfide) groups is 1. The van der Waals surface area contributed by atoms with Crippen molar-refractivity contribution in [1.82, 2.24) is 20.1 Å². The molecule has 0 aliphatic rings. The molecule has 0 aliphatic heterocycles. The molecular formula is C24H30N4O2S. The minimum absolute atomic E-state index is 0.0160. The largest absolute Gasteiger partial charge is 0.497 e. The number of hydrogen-bond acceptors (Lipinski definition) is 5. The van der Waals surface area contributed by atoms with Gasteiger partial charge in [0.2, 0.25) is 5.91 Å². The van der Waals surface area contributed by atoms with E-state index in [0.717, 1.165) is 35.3 Å². The zero-order valence-corrected chi connectivity index (χ0v) is 19.4. The standard InChI is InChI=1S/C24H30N4O2S/c1-17(2)16-25-23(29)18(3)31-24-27-26-22(20-10-12-21(30-4)13-11-20)28(24)15-14-19-8-6-5-7-9-19/h5-13,17-18H,14-16H2,1-4H3,(H,25,29). The average molecular weight is 439 g/mol. The summed E-state index contributed by atoms with van der Waals surface area (Å²) in [6.07, 6.45) is 0.851. The van der Waals surface area contributed by atoms with Crippen molar-refractivity contribution in [2.45, 2.75) is 44.1 Å². The summed E-state index contributed by atoms with van der Waals surface area (Å²) in [6.45, 7) is 7.46. The van der Waals surface area contributed by atoms with Crippen LogP contribution in [-0.2, 0) is 17.8 Å². The van der Waals surface area contributed by atoms with Crippen LogP contribution in [0.2, 0.25) is 0 Å². The lowest BCUT2D eigenvalue weighted by molar-refractivity contribution is -0.120. The van der Waals surface area contributed by atoms with Crippen LogP contribution in [0.4, 0.5) is 0 Å². The molecule has 6 nitrogen and oxygen atoms in total. The number of carbonyl (C=O) groups excluding carboxylic acids is 1. The van der Waals surface area contributed by atoms with Crippen LogP contribution in [-0.4, -0.2) is 39.6 Å². The fourth-order valence-corrected chi connectivity index (χ4v) is 3.98. The van der Waals surface area contributed by atoms with Crippen LogP contribution in [0.3, 0.4) is 0 Å². The quantitative estimate of drug-likeness (QED) is 0.474. The zero-order valence-electron chi connectivity index (χ0n) is 18.5. The van der Waals surface area contributed by atoms with Gasteiger partial charge in [0.25, 0.3) is 0 Å². The molecule has 1 unspecified atom stereocenters. The van der Waals surface area contributed by atoms with E-state index in [1.165, 1.54) is 17.3 Å². The lowest BCUT2D eigenvalue weighted by atomic mass is 10.1. The van der Waals surface area contributed by atoms with Gasteiger partial charge in [0.1, 0.15) is 5.75 Å². The van der Waals surface area contributed by atoms with E-state index in [2.05, 4.69) is 46.1 Å². The van der Waals surface area contributed by atoms with Crippen LogP contribution in [0.5, 0.6) is 5.75 Å². The van der Waals surface area contributed by atoms with Gasteiger partial charge in [-0.1, -0.05) is 55.9 Å². The monoisotopic (exact) mass is 438 g/mol. The normalized spacial score (nSPS) is 12.0. The highest BCUT2D eigenvalue weighted by atomic mass is 32.2. The number of nitrogens with one attached hydrogen (secondary N) is 1. The maximum atomic E-state index is 12.5. The Kier molecular flexibility index (Phi) is 8.12. The van der Waals surface area contributed by atoms with E-state index in [4.69, 9.17) is 4.74 Å². The van der Waals surface area contributed by atoms with Gasteiger partial charge >= 0.3 is 0 Å². The van der Waals surface area contributed by atoms with Gasteiger partial charge in [0.05, 0.1) is 12.4 Å². The number of benzene rings is 2. The summed E-state index contributed by atoms with van der Waals surface area (Å²) in [5, 5.41) is 12.4. The summed E-state index contributed by atoms with van der Waals surface area (Å²) in [5.41, 5.74) is 2.21. The number of hydrogen-bond donors (Lipinski definition) is 1. The predicted molar refractivity (Wildman–Crippen MR) is 125 cm³/mol. The summed E-state index contributed by atoms with van der Waals surface area (Å²) >= 11 is 1.44. The summed E-state index contributed by atoms with van der Waals surface area (Å²) in [5.74, 6) is 2.01. The fourth-order valence-electron chi connectivity index (χ4n) is 3.08. The van der Waals surface area contributed by atoms with Crippen molar-refractivity contribution in [3.8, 4) is 17.1 Å². The molecular weight excluding hydrogens is 408 g/mol. The SMILES string of the molecule is COc1ccc(-c2nnc(SC(C)C(=O)NCC(C)C)n2CCc2ccccc2)cc1. The van der Waals surface area contributed by atoms with Crippen LogP contribution in [0, 0.1) is 5.92 Å². The molecule has 1 aromatic heterocycles. The predicted octanol–water partition coefficient (Wildman–Crippen LogP) is 4.45. The molecule has 0 saturated heterocycles. The van der Waals surface area contributed by atoms with E-state index in [9.17, 15) is 4.79 Å². The number of aromatic nitrogens is 3. The van der Waals surface area contributed by atoms with Gasteiger partial charge in [0.15, 0.2) is 11.0 Å². The molecule has 2 aromatic carbocycles. The summed E-state index contributed by atoms with van der Waals surface area (Å²) in [6, 6.07) is 18.1. The molecule has 0 aliphatic carbocycles. The Balaban J connectivity index is 1.83. The molecule has 31 heavy (non-hydrogen) atoms. The average Bonchev–Trinajstić information content (AvgIpc) is 3.18. The van der Waals surface area contributed by atoms with Crippen molar-refractivity contribution < 1.29 is 9.53 Å². The third-order valence-corrected chi connectivity index (χ3v) is 5.95. The van der Waals surface area contributed by atoms with Gasteiger partial charge in [-0.05, 0) is 49.1 Å². The molecule has 7 heteroatoms. The number of amides is 1. The van der Waals surface area contributed by atoms with Crippen LogP contribution >= 0.6 is 11.8 Å². The maximum absolute atomic E-state index is 12.5. The molecule has 0 fully saturated rings. The number of nitrogens with zero attached hydrogens (tertiary/aromatic N) is 3. The topological polar surface area (TPSA) is 69.0 Å². The Morgan fingerprint density at radius 2 is 1.77 bits per heavy atom. The highest BCUT2D eigenvalue weighted by Gasteiger charge is 2.21. The van der Waals surface area contributed by atoms with Crippen LogP contribution in [0.15, 0.2) is 59.8 Å². The highest BCUT2D eigenvalue weighted by molar-refractivity contribution is 8.00. The van der Waals surface area contributed by atoms with Crippen LogP contribution in [0.25, 0.3) is 11.4 Å². The van der Waals surface area contributed by atoms with Crippen molar-refractivity contribution in [2.24, 2.45) is 5.92 Å². The second-order valence-electron chi connectivity index (χ2n) is 7.82. The van der Waals surface area contributed by atoms with Crippen molar-refractivity contribution in [3.05, 3.63) is 60.2 Å². The fraction of sp³-hybridized carbons (Fsp3) is 0.375. The van der Waals surface area contributed by atoms with Crippen molar-refractivity contribution in [3.63, 3.8) is 0 Å². The Labute approximate surface area is 188 Å². The third kappa shape index (κ3) is 6.34. The molecule has 0 radical (unpaired) electrons. The van der Waals surface area contributed by atoms with Crippen LogP contribution < -0.4 is 10.1 Å². The Hall–Kier alpha value is -2.80. The van der Waals surface area contributed by atoms with Gasteiger partial charge in [-0.3, -0.25) is 4.79 Å². The van der Waals surface area contributed by atoms with Gasteiger partial charge in [-0.25, -0.2) is 0 Å². The van der Waals surface area contributed by atoms with Gasteiger partial charge in [0, 0.05) is 18.7 Å². The van der Waals surface area contributed by atoms with E-state index < -0.39 is 0 Å². The first-order valence-corrected chi connectivity index (χ1v) is 11.4. The Morgan fingerprint density at radius 3 is 2.42 bits per heavy atom. The molecule has 0 saturated carbocycles. The maximum Gasteiger partial charge on any atom is 0.233 e. The zero-order chi connectivity index (χ0) is 22.2. The lowest BCUT2D eigenvalue weighted by Crippen LogP contribution is -2.33. The van der Waals surface area contributed by atoms with Gasteiger partial charge in [-0.15, -0.1) is 10.2 Å². The molecule has 1 heterocycles. The minimum Gasteiger partial charge on any atom is -0.497 e. The van der Waals surface area contributed by atoms with E-state index >= 15 is 0 Å². The third-order valence-electron chi connectivity index (χ3n) is 4.87. The molecule has 3 rings (SSSR count). The molecule has 1 N–H and O–H groups in total. The molecule has 1 amide bonds. The first-order valence-electron chi connectivity index (χ1n) is 10.5. The summed E-state index contributed by atoms with van der Waals surface area (Å²) in [7, 11) is 1.65. The number of rotatable bonds is 10. The molecule has 164 valence electrons. The van der Waals surface area contributed by atoms with Crippen molar-refractivity contribution >= 4 is 17.7 Å². The Bertz CT molecular complexity index is 971. The molecule has 1 atom stereocenters. The second kappa shape index (κ2) is 11.0. The van der Waals surface area contributed by atoms with E-state index in [1.807, 2.05) is 49.4 Å². The number of carbonyl (C=O) groups is 1. The lowest BCUT2D eigenvalue weighted by Gasteiger charge is -2.15. The number of methoxy groups -OCH3 is 1. The van der Waals surface area contributed by atoms with Gasteiger partial charge in [-0.2, -0.15) is 0 Å². The number of aryl methyl sites for hydroxylation is 1. The summed E-state index contributed by atoms with van der Waals surface area (Å²) in [4.78, 5) is 12.5. The highest BCUT2D eigenvalue weighted by Crippen LogP contribution is 2.28.